The fourth-order valence-electron chi connectivity index (χ4n) is 4.21. The molecule has 6 nitrogen and oxygen atoms in total. The van der Waals surface area contributed by atoms with Crippen molar-refractivity contribution < 1.29 is 9.59 Å². The zero-order chi connectivity index (χ0) is 23.6. The first kappa shape index (κ1) is 24.9. The van der Waals surface area contributed by atoms with Gasteiger partial charge in [0.15, 0.2) is 0 Å². The van der Waals surface area contributed by atoms with E-state index in [4.69, 9.17) is 0 Å². The van der Waals surface area contributed by atoms with Crippen LogP contribution in [0.4, 0.5) is 0 Å². The van der Waals surface area contributed by atoms with E-state index >= 15 is 0 Å². The standard InChI is InChI=1S/C27H38N4O2/c1-4-30-14-16-31(17-15-30)20-24-13-9-8-12-23(24)19-28-27(33)26(22-10-6-5-7-11-22)29-25(32)18-21(2)3/h5-13,21,26H,4,14-20H2,1-3H3,(H,28,33)(H,29,32). The van der Waals surface area contributed by atoms with E-state index < -0.39 is 6.04 Å². The quantitative estimate of drug-likeness (QED) is 0.583. The molecule has 2 N–H and O–H groups in total. The molecule has 1 atom stereocenters. The van der Waals surface area contributed by atoms with Crippen molar-refractivity contribution in [3.63, 3.8) is 0 Å². The van der Waals surface area contributed by atoms with Gasteiger partial charge < -0.3 is 15.5 Å². The van der Waals surface area contributed by atoms with Gasteiger partial charge >= 0.3 is 0 Å². The van der Waals surface area contributed by atoms with Crippen LogP contribution in [0, 0.1) is 5.92 Å². The number of nitrogens with one attached hydrogen (secondary N) is 2. The Bertz CT molecular complexity index is 892. The SMILES string of the molecule is CCN1CCN(Cc2ccccc2CNC(=O)C(NC(=O)CC(C)C)c2ccccc2)CC1. The van der Waals surface area contributed by atoms with Crippen molar-refractivity contribution in [3.8, 4) is 0 Å². The van der Waals surface area contributed by atoms with Crippen LogP contribution in [0.15, 0.2) is 54.6 Å². The largest absolute Gasteiger partial charge is 0.350 e. The molecular formula is C27H38N4O2. The second-order valence-corrected chi connectivity index (χ2v) is 9.21. The van der Waals surface area contributed by atoms with Crippen LogP contribution in [0.5, 0.6) is 0 Å². The Balaban J connectivity index is 1.64. The summed E-state index contributed by atoms with van der Waals surface area (Å²) in [6.07, 6.45) is 0.394. The third kappa shape index (κ3) is 7.69. The molecule has 0 aromatic heterocycles. The maximum atomic E-state index is 13.2. The van der Waals surface area contributed by atoms with Crippen LogP contribution in [0.2, 0.25) is 0 Å². The van der Waals surface area contributed by atoms with Crippen molar-refractivity contribution in [2.24, 2.45) is 5.92 Å². The molecule has 33 heavy (non-hydrogen) atoms. The Hall–Kier alpha value is -2.70. The molecule has 1 aliphatic rings. The summed E-state index contributed by atoms with van der Waals surface area (Å²) < 4.78 is 0. The average molecular weight is 451 g/mol. The van der Waals surface area contributed by atoms with Crippen molar-refractivity contribution in [2.45, 2.75) is 46.3 Å². The molecule has 0 aliphatic carbocycles. The molecule has 0 radical (unpaired) electrons. The van der Waals surface area contributed by atoms with E-state index in [0.29, 0.717) is 13.0 Å². The van der Waals surface area contributed by atoms with Gasteiger partial charge in [-0.15, -0.1) is 0 Å². The van der Waals surface area contributed by atoms with Crippen LogP contribution in [0.1, 0.15) is 49.9 Å². The van der Waals surface area contributed by atoms with Gasteiger partial charge in [-0.25, -0.2) is 0 Å². The van der Waals surface area contributed by atoms with E-state index in [1.54, 1.807) is 0 Å². The third-order valence-electron chi connectivity index (χ3n) is 6.17. The molecule has 1 heterocycles. The van der Waals surface area contributed by atoms with E-state index in [1.807, 2.05) is 50.2 Å². The summed E-state index contributed by atoms with van der Waals surface area (Å²) in [6.45, 7) is 13.0. The average Bonchev–Trinajstić information content (AvgIpc) is 2.82. The number of rotatable bonds is 10. The lowest BCUT2D eigenvalue weighted by Crippen LogP contribution is -2.45. The molecule has 1 fully saturated rings. The Morgan fingerprint density at radius 1 is 0.879 bits per heavy atom. The van der Waals surface area contributed by atoms with E-state index in [9.17, 15) is 9.59 Å². The van der Waals surface area contributed by atoms with Crippen molar-refractivity contribution in [1.82, 2.24) is 20.4 Å². The summed E-state index contributed by atoms with van der Waals surface area (Å²) in [5.74, 6) is -0.0687. The second-order valence-electron chi connectivity index (χ2n) is 9.21. The molecule has 2 aromatic carbocycles. The van der Waals surface area contributed by atoms with Crippen LogP contribution >= 0.6 is 0 Å². The number of benzene rings is 2. The number of carbonyl (C=O) groups excluding carboxylic acids is 2. The highest BCUT2D eigenvalue weighted by molar-refractivity contribution is 5.88. The van der Waals surface area contributed by atoms with Gasteiger partial charge in [0, 0.05) is 45.7 Å². The van der Waals surface area contributed by atoms with Crippen LogP contribution in [0.25, 0.3) is 0 Å². The normalized spacial score (nSPS) is 15.9. The minimum Gasteiger partial charge on any atom is -0.350 e. The number of nitrogens with zero attached hydrogens (tertiary/aromatic N) is 2. The number of hydrogen-bond acceptors (Lipinski definition) is 4. The highest BCUT2D eigenvalue weighted by atomic mass is 16.2. The minimum absolute atomic E-state index is 0.111. The van der Waals surface area contributed by atoms with Gasteiger partial charge in [0.2, 0.25) is 11.8 Å². The van der Waals surface area contributed by atoms with Gasteiger partial charge in [-0.3, -0.25) is 14.5 Å². The van der Waals surface area contributed by atoms with Crippen LogP contribution in [-0.2, 0) is 22.7 Å². The lowest BCUT2D eigenvalue weighted by molar-refractivity contribution is -0.129. The summed E-state index contributed by atoms with van der Waals surface area (Å²) in [5, 5.41) is 6.00. The maximum Gasteiger partial charge on any atom is 0.247 e. The monoisotopic (exact) mass is 450 g/mol. The van der Waals surface area contributed by atoms with Gasteiger partial charge in [-0.1, -0.05) is 75.4 Å². The Morgan fingerprint density at radius 2 is 1.48 bits per heavy atom. The molecule has 0 saturated carbocycles. The molecule has 1 unspecified atom stereocenters. The smallest absolute Gasteiger partial charge is 0.247 e. The summed E-state index contributed by atoms with van der Waals surface area (Å²) in [5.41, 5.74) is 3.14. The molecule has 2 aromatic rings. The van der Waals surface area contributed by atoms with Crippen LogP contribution < -0.4 is 10.6 Å². The highest BCUT2D eigenvalue weighted by Gasteiger charge is 2.23. The number of hydrogen-bond donors (Lipinski definition) is 2. The lowest BCUT2D eigenvalue weighted by atomic mass is 10.0. The molecule has 0 bridgehead atoms. The fraction of sp³-hybridized carbons (Fsp3) is 0.481. The van der Waals surface area contributed by atoms with Gasteiger partial charge in [-0.2, -0.15) is 0 Å². The van der Waals surface area contributed by atoms with E-state index in [2.05, 4.69) is 45.6 Å². The predicted octanol–water partition coefficient (Wildman–Crippen LogP) is 3.34. The highest BCUT2D eigenvalue weighted by Crippen LogP contribution is 2.17. The molecule has 3 rings (SSSR count). The number of amides is 2. The number of piperazine rings is 1. The number of likely N-dealkylation sites (N-methyl/N-ethyl adjacent to an activating group) is 1. The van der Waals surface area contributed by atoms with E-state index in [0.717, 1.165) is 50.4 Å². The number of carbonyl (C=O) groups is 2. The maximum absolute atomic E-state index is 13.2. The Labute approximate surface area is 198 Å². The topological polar surface area (TPSA) is 64.7 Å². The summed E-state index contributed by atoms with van der Waals surface area (Å²) in [6, 6.07) is 17.0. The van der Waals surface area contributed by atoms with Crippen molar-refractivity contribution in [3.05, 3.63) is 71.3 Å². The molecular weight excluding hydrogens is 412 g/mol. The zero-order valence-corrected chi connectivity index (χ0v) is 20.2. The molecule has 0 spiro atoms. The Morgan fingerprint density at radius 3 is 2.12 bits per heavy atom. The van der Waals surface area contributed by atoms with Crippen LogP contribution in [0.3, 0.4) is 0 Å². The first-order chi connectivity index (χ1) is 16.0. The molecule has 1 aliphatic heterocycles. The van der Waals surface area contributed by atoms with Crippen molar-refractivity contribution >= 4 is 11.8 Å². The molecule has 2 amide bonds. The lowest BCUT2D eigenvalue weighted by Gasteiger charge is -2.34. The Kier molecular flexibility index (Phi) is 9.46. The summed E-state index contributed by atoms with van der Waals surface area (Å²) >= 11 is 0. The van der Waals surface area contributed by atoms with Gasteiger partial charge in [0.1, 0.15) is 6.04 Å². The predicted molar refractivity (Wildman–Crippen MR) is 132 cm³/mol. The van der Waals surface area contributed by atoms with Gasteiger partial charge in [0.25, 0.3) is 0 Å². The molecule has 1 saturated heterocycles. The van der Waals surface area contributed by atoms with Crippen LogP contribution in [-0.4, -0.2) is 54.3 Å². The summed E-state index contributed by atoms with van der Waals surface area (Å²) in [4.78, 5) is 30.6. The minimum atomic E-state index is -0.702. The first-order valence-electron chi connectivity index (χ1n) is 12.1. The summed E-state index contributed by atoms with van der Waals surface area (Å²) in [7, 11) is 0. The van der Waals surface area contributed by atoms with E-state index in [1.165, 1.54) is 5.56 Å². The van der Waals surface area contributed by atoms with Gasteiger partial charge in [0.05, 0.1) is 0 Å². The first-order valence-corrected chi connectivity index (χ1v) is 12.1. The zero-order valence-electron chi connectivity index (χ0n) is 20.2. The van der Waals surface area contributed by atoms with Crippen molar-refractivity contribution in [2.75, 3.05) is 32.7 Å². The molecule has 178 valence electrons. The van der Waals surface area contributed by atoms with E-state index in [-0.39, 0.29) is 17.7 Å². The third-order valence-corrected chi connectivity index (χ3v) is 6.17. The molecule has 6 heteroatoms. The fourth-order valence-corrected chi connectivity index (χ4v) is 4.21. The second kappa shape index (κ2) is 12.5. The van der Waals surface area contributed by atoms with Gasteiger partial charge in [-0.05, 0) is 29.2 Å². The van der Waals surface area contributed by atoms with Crippen molar-refractivity contribution in [1.29, 1.82) is 0 Å².